The van der Waals surface area contributed by atoms with Crippen molar-refractivity contribution in [2.24, 2.45) is 0 Å². The van der Waals surface area contributed by atoms with Crippen molar-refractivity contribution in [3.05, 3.63) is 56.7 Å². The van der Waals surface area contributed by atoms with E-state index in [1.54, 1.807) is 21.3 Å². The van der Waals surface area contributed by atoms with Crippen LogP contribution >= 0.6 is 22.6 Å². The number of benzene rings is 2. The third kappa shape index (κ3) is 4.63. The van der Waals surface area contributed by atoms with Gasteiger partial charge >= 0.3 is 0 Å². The normalized spacial score (nSPS) is 14.9. The molecule has 2 aromatic carbocycles. The molecular formula is C23H25IO4. The highest BCUT2D eigenvalue weighted by Gasteiger charge is 2.21. The molecule has 5 heteroatoms. The highest BCUT2D eigenvalue weighted by molar-refractivity contribution is 14.1. The molecule has 1 aliphatic rings. The van der Waals surface area contributed by atoms with Gasteiger partial charge in [0.15, 0.2) is 11.5 Å². The van der Waals surface area contributed by atoms with Crippen LogP contribution in [0.4, 0.5) is 0 Å². The minimum Gasteiger partial charge on any atom is -0.493 e. The molecule has 0 saturated heterocycles. The van der Waals surface area contributed by atoms with Gasteiger partial charge in [-0.1, -0.05) is 12.1 Å². The molecule has 28 heavy (non-hydrogen) atoms. The first kappa shape index (κ1) is 20.6. The molecule has 0 bridgehead atoms. The van der Waals surface area contributed by atoms with E-state index in [-0.39, 0.29) is 5.60 Å². The summed E-state index contributed by atoms with van der Waals surface area (Å²) in [5.74, 6) is 2.86. The number of rotatable bonds is 6. The monoisotopic (exact) mass is 492 g/mol. The van der Waals surface area contributed by atoms with E-state index in [4.69, 9.17) is 18.9 Å². The van der Waals surface area contributed by atoms with Gasteiger partial charge in [0.25, 0.3) is 0 Å². The summed E-state index contributed by atoms with van der Waals surface area (Å²) in [5, 5.41) is 0. The lowest BCUT2D eigenvalue weighted by Gasteiger charge is -2.27. The molecule has 0 atom stereocenters. The quantitative estimate of drug-likeness (QED) is 0.470. The molecule has 0 saturated carbocycles. The zero-order chi connectivity index (χ0) is 20.3. The van der Waals surface area contributed by atoms with Gasteiger partial charge in [-0.15, -0.1) is 0 Å². The fourth-order valence-electron chi connectivity index (χ4n) is 3.15. The summed E-state index contributed by atoms with van der Waals surface area (Å²) in [6.07, 6.45) is 7.16. The van der Waals surface area contributed by atoms with Crippen LogP contribution in [0.2, 0.25) is 0 Å². The standard InChI is InChI=1S/C23H25IO4/c1-23(2)9-8-17-10-15(6-7-19(17)28-23)11-18(24)12-16-13-20(25-3)22(27-5)21(14-16)26-4/h6-11,13-14H,12H2,1-5H3. The van der Waals surface area contributed by atoms with Crippen molar-refractivity contribution in [3.63, 3.8) is 0 Å². The summed E-state index contributed by atoms with van der Waals surface area (Å²) in [6.45, 7) is 4.11. The van der Waals surface area contributed by atoms with E-state index >= 15 is 0 Å². The lowest BCUT2D eigenvalue weighted by Crippen LogP contribution is -2.27. The molecule has 0 spiro atoms. The van der Waals surface area contributed by atoms with Crippen LogP contribution in [0.1, 0.15) is 30.5 Å². The van der Waals surface area contributed by atoms with Crippen molar-refractivity contribution in [2.45, 2.75) is 25.9 Å². The predicted molar refractivity (Wildman–Crippen MR) is 122 cm³/mol. The maximum Gasteiger partial charge on any atom is 0.203 e. The lowest BCUT2D eigenvalue weighted by atomic mass is 10.0. The van der Waals surface area contributed by atoms with Gasteiger partial charge in [-0.05, 0) is 87.6 Å². The van der Waals surface area contributed by atoms with E-state index < -0.39 is 0 Å². The molecule has 0 unspecified atom stereocenters. The van der Waals surface area contributed by atoms with Crippen molar-refractivity contribution in [1.29, 1.82) is 0 Å². The van der Waals surface area contributed by atoms with Crippen LogP contribution in [0, 0.1) is 0 Å². The van der Waals surface area contributed by atoms with E-state index in [9.17, 15) is 0 Å². The molecular weight excluding hydrogens is 467 g/mol. The molecule has 0 amide bonds. The number of allylic oxidation sites excluding steroid dienone is 1. The molecule has 0 N–H and O–H groups in total. The molecule has 148 valence electrons. The number of fused-ring (bicyclic) bond motifs is 1. The molecule has 0 radical (unpaired) electrons. The number of halogens is 1. The van der Waals surface area contributed by atoms with E-state index in [0.29, 0.717) is 17.2 Å². The second kappa shape index (κ2) is 8.47. The number of ether oxygens (including phenoxy) is 4. The van der Waals surface area contributed by atoms with Gasteiger partial charge in [0.2, 0.25) is 5.75 Å². The average Bonchev–Trinajstić information content (AvgIpc) is 2.66. The van der Waals surface area contributed by atoms with Crippen molar-refractivity contribution in [3.8, 4) is 23.0 Å². The number of hydrogen-bond acceptors (Lipinski definition) is 4. The van der Waals surface area contributed by atoms with Crippen LogP contribution in [-0.4, -0.2) is 26.9 Å². The van der Waals surface area contributed by atoms with Crippen LogP contribution in [0.25, 0.3) is 12.2 Å². The van der Waals surface area contributed by atoms with Gasteiger partial charge in [-0.2, -0.15) is 0 Å². The minimum atomic E-state index is -0.259. The topological polar surface area (TPSA) is 36.9 Å². The summed E-state index contributed by atoms with van der Waals surface area (Å²) < 4.78 is 23.5. The molecule has 0 fully saturated rings. The van der Waals surface area contributed by atoms with Crippen LogP contribution in [0.3, 0.4) is 0 Å². The second-order valence-electron chi connectivity index (χ2n) is 7.14. The first-order valence-electron chi connectivity index (χ1n) is 9.02. The molecule has 1 aliphatic heterocycles. The largest absolute Gasteiger partial charge is 0.493 e. The van der Waals surface area contributed by atoms with Gasteiger partial charge in [-0.25, -0.2) is 0 Å². The first-order valence-corrected chi connectivity index (χ1v) is 10.1. The number of hydrogen-bond donors (Lipinski definition) is 0. The SMILES string of the molecule is COc1cc(CC(I)=Cc2ccc3c(c2)C=CC(C)(C)O3)cc(OC)c1OC. The van der Waals surface area contributed by atoms with E-state index in [1.807, 2.05) is 18.2 Å². The van der Waals surface area contributed by atoms with Gasteiger partial charge in [0, 0.05) is 12.0 Å². The maximum absolute atomic E-state index is 6.00. The summed E-state index contributed by atoms with van der Waals surface area (Å²) in [7, 11) is 4.87. The Bertz CT molecular complexity index is 903. The smallest absolute Gasteiger partial charge is 0.203 e. The van der Waals surface area contributed by atoms with Crippen molar-refractivity contribution in [1.82, 2.24) is 0 Å². The highest BCUT2D eigenvalue weighted by atomic mass is 127. The average molecular weight is 492 g/mol. The molecule has 0 aromatic heterocycles. The van der Waals surface area contributed by atoms with E-state index in [1.165, 1.54) is 3.58 Å². The summed E-state index contributed by atoms with van der Waals surface area (Å²) >= 11 is 2.37. The summed E-state index contributed by atoms with van der Waals surface area (Å²) in [4.78, 5) is 0. The Morgan fingerprint density at radius 1 is 1.04 bits per heavy atom. The Morgan fingerprint density at radius 2 is 1.71 bits per heavy atom. The van der Waals surface area contributed by atoms with Gasteiger partial charge in [0.1, 0.15) is 11.4 Å². The summed E-state index contributed by atoms with van der Waals surface area (Å²) in [5.41, 5.74) is 3.08. The second-order valence-corrected chi connectivity index (χ2v) is 8.52. The fourth-order valence-corrected chi connectivity index (χ4v) is 3.95. The van der Waals surface area contributed by atoms with Crippen LogP contribution in [-0.2, 0) is 6.42 Å². The lowest BCUT2D eigenvalue weighted by molar-refractivity contribution is 0.159. The zero-order valence-corrected chi connectivity index (χ0v) is 19.0. The number of methoxy groups -OCH3 is 3. The van der Waals surface area contributed by atoms with E-state index in [2.05, 4.69) is 66.8 Å². The molecule has 4 nitrogen and oxygen atoms in total. The van der Waals surface area contributed by atoms with Crippen molar-refractivity contribution < 1.29 is 18.9 Å². The van der Waals surface area contributed by atoms with Gasteiger partial charge < -0.3 is 18.9 Å². The molecule has 3 rings (SSSR count). The van der Waals surface area contributed by atoms with E-state index in [0.717, 1.165) is 28.9 Å². The first-order chi connectivity index (χ1) is 13.3. The van der Waals surface area contributed by atoms with Gasteiger partial charge in [-0.3, -0.25) is 0 Å². The summed E-state index contributed by atoms with van der Waals surface area (Å²) in [6, 6.07) is 10.2. The van der Waals surface area contributed by atoms with Gasteiger partial charge in [0.05, 0.1) is 21.3 Å². The van der Waals surface area contributed by atoms with Crippen LogP contribution < -0.4 is 18.9 Å². The third-order valence-corrected chi connectivity index (χ3v) is 5.18. The van der Waals surface area contributed by atoms with Crippen molar-refractivity contribution in [2.75, 3.05) is 21.3 Å². The minimum absolute atomic E-state index is 0.259. The van der Waals surface area contributed by atoms with Crippen LogP contribution in [0.5, 0.6) is 23.0 Å². The molecule has 0 aliphatic carbocycles. The van der Waals surface area contributed by atoms with Crippen molar-refractivity contribution >= 4 is 34.7 Å². The highest BCUT2D eigenvalue weighted by Crippen LogP contribution is 2.39. The Morgan fingerprint density at radius 3 is 2.32 bits per heavy atom. The Labute approximate surface area is 180 Å². The maximum atomic E-state index is 6.00. The Balaban J connectivity index is 1.84. The molecule has 2 aromatic rings. The molecule has 1 heterocycles. The zero-order valence-electron chi connectivity index (χ0n) is 16.8. The predicted octanol–water partition coefficient (Wildman–Crippen LogP) is 5.92. The third-order valence-electron chi connectivity index (χ3n) is 4.49. The fraction of sp³-hybridized carbons (Fsp3) is 0.304. The Hall–Kier alpha value is -2.15. The Kier molecular flexibility index (Phi) is 6.23. The van der Waals surface area contributed by atoms with Crippen LogP contribution in [0.15, 0.2) is 40.0 Å².